The molecule has 1 N–H and O–H groups in total. The number of oxazole rings is 1. The molecule has 0 aliphatic rings. The standard InChI is InChI=1S/C15H18N2O4/c1-10-14(21-9-17-10)8-16-15(18)7-11-4-5-12(19-2)13(6-11)20-3/h4-6,9H,7-8H2,1-3H3,(H,16,18). The largest absolute Gasteiger partial charge is 0.493 e. The molecule has 0 fully saturated rings. The van der Waals surface area contributed by atoms with E-state index in [2.05, 4.69) is 10.3 Å². The molecule has 0 saturated carbocycles. The van der Waals surface area contributed by atoms with Crippen LogP contribution in [0.1, 0.15) is 17.0 Å². The molecule has 0 bridgehead atoms. The summed E-state index contributed by atoms with van der Waals surface area (Å²) in [6, 6.07) is 5.40. The van der Waals surface area contributed by atoms with Gasteiger partial charge in [-0.1, -0.05) is 6.07 Å². The van der Waals surface area contributed by atoms with Crippen molar-refractivity contribution in [3.63, 3.8) is 0 Å². The van der Waals surface area contributed by atoms with Crippen LogP contribution in [0.15, 0.2) is 29.0 Å². The summed E-state index contributed by atoms with van der Waals surface area (Å²) in [5.74, 6) is 1.81. The molecule has 0 unspecified atom stereocenters. The van der Waals surface area contributed by atoms with Gasteiger partial charge < -0.3 is 19.2 Å². The highest BCUT2D eigenvalue weighted by atomic mass is 16.5. The Hall–Kier alpha value is -2.50. The third kappa shape index (κ3) is 3.75. The van der Waals surface area contributed by atoms with Gasteiger partial charge in [0.2, 0.25) is 5.91 Å². The van der Waals surface area contributed by atoms with Crippen molar-refractivity contribution in [2.24, 2.45) is 0 Å². The number of hydrogen-bond donors (Lipinski definition) is 1. The quantitative estimate of drug-likeness (QED) is 0.879. The predicted molar refractivity (Wildman–Crippen MR) is 76.3 cm³/mol. The van der Waals surface area contributed by atoms with Crippen LogP contribution < -0.4 is 14.8 Å². The second-order valence-corrected chi connectivity index (χ2v) is 4.50. The molecule has 0 radical (unpaired) electrons. The summed E-state index contributed by atoms with van der Waals surface area (Å²) in [5.41, 5.74) is 1.63. The number of nitrogens with one attached hydrogen (secondary N) is 1. The number of rotatable bonds is 6. The van der Waals surface area contributed by atoms with Gasteiger partial charge in [-0.25, -0.2) is 4.98 Å². The second-order valence-electron chi connectivity index (χ2n) is 4.50. The van der Waals surface area contributed by atoms with Crippen molar-refractivity contribution in [3.05, 3.63) is 41.6 Å². The molecular weight excluding hydrogens is 272 g/mol. The fraction of sp³-hybridized carbons (Fsp3) is 0.333. The second kappa shape index (κ2) is 6.78. The van der Waals surface area contributed by atoms with Gasteiger partial charge in [-0.2, -0.15) is 0 Å². The van der Waals surface area contributed by atoms with Crippen molar-refractivity contribution in [1.82, 2.24) is 10.3 Å². The lowest BCUT2D eigenvalue weighted by Crippen LogP contribution is -2.24. The molecule has 0 atom stereocenters. The fourth-order valence-electron chi connectivity index (χ4n) is 1.91. The molecule has 1 aromatic carbocycles. The smallest absolute Gasteiger partial charge is 0.224 e. The van der Waals surface area contributed by atoms with Gasteiger partial charge in [-0.15, -0.1) is 0 Å². The first-order chi connectivity index (χ1) is 10.1. The van der Waals surface area contributed by atoms with E-state index in [0.717, 1.165) is 11.3 Å². The Labute approximate surface area is 123 Å². The average Bonchev–Trinajstić information content (AvgIpc) is 2.90. The Bertz CT molecular complexity index is 622. The molecule has 21 heavy (non-hydrogen) atoms. The van der Waals surface area contributed by atoms with Crippen LogP contribution in [0.2, 0.25) is 0 Å². The number of carbonyl (C=O) groups is 1. The highest BCUT2D eigenvalue weighted by molar-refractivity contribution is 5.78. The Balaban J connectivity index is 1.95. The van der Waals surface area contributed by atoms with Crippen LogP contribution in [0.4, 0.5) is 0 Å². The Morgan fingerprint density at radius 3 is 2.67 bits per heavy atom. The minimum absolute atomic E-state index is 0.0991. The van der Waals surface area contributed by atoms with Crippen molar-refractivity contribution >= 4 is 5.91 Å². The average molecular weight is 290 g/mol. The highest BCUT2D eigenvalue weighted by Crippen LogP contribution is 2.27. The number of amides is 1. The molecule has 112 valence electrons. The minimum atomic E-state index is -0.0991. The molecule has 1 aromatic heterocycles. The molecule has 1 amide bonds. The summed E-state index contributed by atoms with van der Waals surface area (Å²) < 4.78 is 15.5. The van der Waals surface area contributed by atoms with Gasteiger partial charge >= 0.3 is 0 Å². The van der Waals surface area contributed by atoms with Crippen LogP contribution in [0.3, 0.4) is 0 Å². The number of nitrogens with zero attached hydrogens (tertiary/aromatic N) is 1. The zero-order valence-electron chi connectivity index (χ0n) is 12.3. The first kappa shape index (κ1) is 14.9. The van der Waals surface area contributed by atoms with Crippen LogP contribution >= 0.6 is 0 Å². The van der Waals surface area contributed by atoms with E-state index < -0.39 is 0 Å². The predicted octanol–water partition coefficient (Wildman–Crippen LogP) is 1.86. The van der Waals surface area contributed by atoms with E-state index in [-0.39, 0.29) is 12.3 Å². The van der Waals surface area contributed by atoms with Crippen LogP contribution in [0.5, 0.6) is 11.5 Å². The van der Waals surface area contributed by atoms with Crippen molar-refractivity contribution < 1.29 is 18.7 Å². The molecule has 2 rings (SSSR count). The van der Waals surface area contributed by atoms with E-state index in [1.807, 2.05) is 13.0 Å². The Kier molecular flexibility index (Phi) is 4.81. The molecule has 1 heterocycles. The van der Waals surface area contributed by atoms with Crippen LogP contribution in [0.25, 0.3) is 0 Å². The summed E-state index contributed by atoms with van der Waals surface area (Å²) in [4.78, 5) is 15.9. The van der Waals surface area contributed by atoms with E-state index in [1.54, 1.807) is 26.4 Å². The lowest BCUT2D eigenvalue weighted by atomic mass is 10.1. The molecule has 2 aromatic rings. The third-order valence-corrected chi connectivity index (χ3v) is 3.10. The number of ether oxygens (including phenoxy) is 2. The summed E-state index contributed by atoms with van der Waals surface area (Å²) in [6.07, 6.45) is 1.62. The third-order valence-electron chi connectivity index (χ3n) is 3.10. The van der Waals surface area contributed by atoms with Crippen molar-refractivity contribution in [2.75, 3.05) is 14.2 Å². The van der Waals surface area contributed by atoms with Gasteiger partial charge in [0.05, 0.1) is 32.9 Å². The molecule has 6 nitrogen and oxygen atoms in total. The van der Waals surface area contributed by atoms with Crippen molar-refractivity contribution in [1.29, 1.82) is 0 Å². The van der Waals surface area contributed by atoms with E-state index in [1.165, 1.54) is 6.39 Å². The molecule has 0 aliphatic heterocycles. The summed E-state index contributed by atoms with van der Waals surface area (Å²) in [7, 11) is 3.14. The van der Waals surface area contributed by atoms with Gasteiger partial charge in [0.1, 0.15) is 5.76 Å². The van der Waals surface area contributed by atoms with E-state index in [0.29, 0.717) is 23.8 Å². The maximum Gasteiger partial charge on any atom is 0.224 e. The number of aryl methyl sites for hydroxylation is 1. The van der Waals surface area contributed by atoms with Crippen LogP contribution in [-0.2, 0) is 17.8 Å². The van der Waals surface area contributed by atoms with Gasteiger partial charge in [-0.3, -0.25) is 4.79 Å². The maximum atomic E-state index is 11.9. The first-order valence-electron chi connectivity index (χ1n) is 6.50. The topological polar surface area (TPSA) is 73.6 Å². The number of carbonyl (C=O) groups excluding carboxylic acids is 1. The molecule has 0 saturated heterocycles. The number of methoxy groups -OCH3 is 2. The molecule has 0 spiro atoms. The molecule has 0 aliphatic carbocycles. The van der Waals surface area contributed by atoms with Crippen LogP contribution in [0, 0.1) is 6.92 Å². The SMILES string of the molecule is COc1ccc(CC(=O)NCc2ocnc2C)cc1OC. The van der Waals surface area contributed by atoms with Gasteiger partial charge in [0, 0.05) is 0 Å². The van der Waals surface area contributed by atoms with Gasteiger partial charge in [-0.05, 0) is 24.6 Å². The number of benzene rings is 1. The van der Waals surface area contributed by atoms with Gasteiger partial charge in [0.15, 0.2) is 17.9 Å². The Morgan fingerprint density at radius 1 is 1.29 bits per heavy atom. The van der Waals surface area contributed by atoms with E-state index >= 15 is 0 Å². The Morgan fingerprint density at radius 2 is 2.05 bits per heavy atom. The molecule has 6 heteroatoms. The summed E-state index contributed by atoms with van der Waals surface area (Å²) in [6.45, 7) is 2.16. The lowest BCUT2D eigenvalue weighted by molar-refractivity contribution is -0.120. The normalized spacial score (nSPS) is 10.2. The number of aromatic nitrogens is 1. The zero-order valence-corrected chi connectivity index (χ0v) is 12.3. The maximum absolute atomic E-state index is 11.9. The van der Waals surface area contributed by atoms with E-state index in [9.17, 15) is 4.79 Å². The first-order valence-corrected chi connectivity index (χ1v) is 6.50. The summed E-state index contributed by atoms with van der Waals surface area (Å²) in [5, 5.41) is 2.80. The minimum Gasteiger partial charge on any atom is -0.493 e. The monoisotopic (exact) mass is 290 g/mol. The van der Waals surface area contributed by atoms with E-state index in [4.69, 9.17) is 13.9 Å². The summed E-state index contributed by atoms with van der Waals surface area (Å²) >= 11 is 0. The fourth-order valence-corrected chi connectivity index (χ4v) is 1.91. The molecular formula is C15H18N2O4. The van der Waals surface area contributed by atoms with Crippen molar-refractivity contribution in [2.45, 2.75) is 19.9 Å². The zero-order chi connectivity index (χ0) is 15.2. The van der Waals surface area contributed by atoms with Crippen LogP contribution in [-0.4, -0.2) is 25.1 Å². The highest BCUT2D eigenvalue weighted by Gasteiger charge is 2.10. The number of hydrogen-bond acceptors (Lipinski definition) is 5. The van der Waals surface area contributed by atoms with Gasteiger partial charge in [0.25, 0.3) is 0 Å². The lowest BCUT2D eigenvalue weighted by Gasteiger charge is -2.09. The van der Waals surface area contributed by atoms with Crippen molar-refractivity contribution in [3.8, 4) is 11.5 Å².